The lowest BCUT2D eigenvalue weighted by Gasteiger charge is -2.22. The fraction of sp³-hybridized carbons (Fsp3) is 0.350. The summed E-state index contributed by atoms with van der Waals surface area (Å²) in [6.07, 6.45) is 1.03. The van der Waals surface area contributed by atoms with Crippen molar-refractivity contribution in [1.82, 2.24) is 9.80 Å². The zero-order chi connectivity index (χ0) is 16.1. The zero-order valence-electron chi connectivity index (χ0n) is 13.7. The van der Waals surface area contributed by atoms with Gasteiger partial charge in [0.05, 0.1) is 0 Å². The lowest BCUT2D eigenvalue weighted by atomic mass is 10.1. The molecule has 1 heterocycles. The van der Waals surface area contributed by atoms with Crippen molar-refractivity contribution in [1.29, 1.82) is 0 Å². The molecule has 0 atom stereocenters. The highest BCUT2D eigenvalue weighted by Crippen LogP contribution is 2.12. The van der Waals surface area contributed by atoms with Crippen LogP contribution in [0.15, 0.2) is 54.6 Å². The largest absolute Gasteiger partial charge is 0.337 e. The Morgan fingerprint density at radius 1 is 0.913 bits per heavy atom. The molecule has 3 rings (SSSR count). The summed E-state index contributed by atoms with van der Waals surface area (Å²) in [5, 5.41) is 0. The number of nitrogens with zero attached hydrogens (tertiary/aromatic N) is 2. The first-order chi connectivity index (χ1) is 11.2. The number of amides is 1. The van der Waals surface area contributed by atoms with Gasteiger partial charge in [0, 0.05) is 38.3 Å². The molecule has 1 aliphatic heterocycles. The van der Waals surface area contributed by atoms with Crippen molar-refractivity contribution in [2.24, 2.45) is 0 Å². The molecule has 1 fully saturated rings. The summed E-state index contributed by atoms with van der Waals surface area (Å²) in [6, 6.07) is 18.4. The van der Waals surface area contributed by atoms with E-state index in [1.165, 1.54) is 11.1 Å². The fourth-order valence-electron chi connectivity index (χ4n) is 3.05. The Morgan fingerprint density at radius 3 is 2.39 bits per heavy atom. The Labute approximate surface area is 138 Å². The SMILES string of the molecule is Cc1ccc(C(=O)N2CCCN(Cc3ccccc3)CC2)cc1. The number of aryl methyl sites for hydroxylation is 1. The van der Waals surface area contributed by atoms with E-state index in [1.807, 2.05) is 42.2 Å². The summed E-state index contributed by atoms with van der Waals surface area (Å²) in [7, 11) is 0. The first-order valence-corrected chi connectivity index (χ1v) is 8.34. The molecule has 1 saturated heterocycles. The molecule has 120 valence electrons. The van der Waals surface area contributed by atoms with Crippen molar-refractivity contribution in [2.75, 3.05) is 26.2 Å². The Balaban J connectivity index is 1.59. The summed E-state index contributed by atoms with van der Waals surface area (Å²) >= 11 is 0. The van der Waals surface area contributed by atoms with Crippen LogP contribution in [0.25, 0.3) is 0 Å². The van der Waals surface area contributed by atoms with Crippen molar-refractivity contribution in [3.63, 3.8) is 0 Å². The zero-order valence-corrected chi connectivity index (χ0v) is 13.7. The molecule has 2 aromatic rings. The maximum absolute atomic E-state index is 12.6. The number of carbonyl (C=O) groups excluding carboxylic acids is 1. The van der Waals surface area contributed by atoms with Crippen LogP contribution in [0.3, 0.4) is 0 Å². The van der Waals surface area contributed by atoms with Crippen molar-refractivity contribution in [3.05, 3.63) is 71.3 Å². The topological polar surface area (TPSA) is 23.6 Å². The van der Waals surface area contributed by atoms with E-state index in [9.17, 15) is 4.79 Å². The Kier molecular flexibility index (Phi) is 5.09. The summed E-state index contributed by atoms with van der Waals surface area (Å²) in [6.45, 7) is 6.64. The monoisotopic (exact) mass is 308 g/mol. The lowest BCUT2D eigenvalue weighted by Crippen LogP contribution is -2.35. The highest BCUT2D eigenvalue weighted by Gasteiger charge is 2.20. The molecule has 0 aliphatic carbocycles. The number of rotatable bonds is 3. The van der Waals surface area contributed by atoms with Crippen LogP contribution < -0.4 is 0 Å². The average Bonchev–Trinajstić information content (AvgIpc) is 2.81. The van der Waals surface area contributed by atoms with Gasteiger partial charge in [0.2, 0.25) is 0 Å². The van der Waals surface area contributed by atoms with Crippen molar-refractivity contribution < 1.29 is 4.79 Å². The highest BCUT2D eigenvalue weighted by atomic mass is 16.2. The van der Waals surface area contributed by atoms with Crippen LogP contribution in [0.4, 0.5) is 0 Å². The van der Waals surface area contributed by atoms with Gasteiger partial charge in [-0.05, 0) is 31.0 Å². The third-order valence-electron chi connectivity index (χ3n) is 4.42. The third-order valence-corrected chi connectivity index (χ3v) is 4.42. The molecule has 0 radical (unpaired) electrons. The normalized spacial score (nSPS) is 16.1. The van der Waals surface area contributed by atoms with Crippen LogP contribution in [0.2, 0.25) is 0 Å². The standard InChI is InChI=1S/C20H24N2O/c1-17-8-10-19(11-9-17)20(23)22-13-5-12-21(14-15-22)16-18-6-3-2-4-7-18/h2-4,6-11H,5,12-16H2,1H3. The molecular formula is C20H24N2O. The Bertz CT molecular complexity index is 636. The Hall–Kier alpha value is -2.13. The van der Waals surface area contributed by atoms with Crippen LogP contribution in [-0.4, -0.2) is 41.9 Å². The quantitative estimate of drug-likeness (QED) is 0.868. The molecule has 3 heteroatoms. The molecule has 2 aromatic carbocycles. The van der Waals surface area contributed by atoms with Gasteiger partial charge in [0.1, 0.15) is 0 Å². The smallest absolute Gasteiger partial charge is 0.253 e. The van der Waals surface area contributed by atoms with Gasteiger partial charge in [0.25, 0.3) is 5.91 Å². The van der Waals surface area contributed by atoms with Gasteiger partial charge in [0.15, 0.2) is 0 Å². The molecule has 23 heavy (non-hydrogen) atoms. The van der Waals surface area contributed by atoms with Gasteiger partial charge in [-0.3, -0.25) is 9.69 Å². The highest BCUT2D eigenvalue weighted by molar-refractivity contribution is 5.94. The maximum Gasteiger partial charge on any atom is 0.253 e. The molecule has 0 N–H and O–H groups in total. The van der Waals surface area contributed by atoms with Gasteiger partial charge in [-0.25, -0.2) is 0 Å². The van der Waals surface area contributed by atoms with Crippen molar-refractivity contribution in [2.45, 2.75) is 19.9 Å². The summed E-state index contributed by atoms with van der Waals surface area (Å²) in [5.74, 6) is 0.159. The number of carbonyl (C=O) groups is 1. The van der Waals surface area contributed by atoms with Gasteiger partial charge >= 0.3 is 0 Å². The third kappa shape index (κ3) is 4.20. The number of hydrogen-bond acceptors (Lipinski definition) is 2. The van der Waals surface area contributed by atoms with Crippen LogP contribution in [0, 0.1) is 6.92 Å². The van der Waals surface area contributed by atoms with Crippen LogP contribution in [0.1, 0.15) is 27.9 Å². The van der Waals surface area contributed by atoms with E-state index in [1.54, 1.807) is 0 Å². The first kappa shape index (κ1) is 15.8. The minimum atomic E-state index is 0.159. The number of benzene rings is 2. The van der Waals surface area contributed by atoms with E-state index in [2.05, 4.69) is 29.2 Å². The minimum Gasteiger partial charge on any atom is -0.337 e. The molecule has 0 aromatic heterocycles. The molecule has 0 spiro atoms. The van der Waals surface area contributed by atoms with Gasteiger partial charge in [-0.2, -0.15) is 0 Å². The van der Waals surface area contributed by atoms with E-state index in [0.29, 0.717) is 0 Å². The minimum absolute atomic E-state index is 0.159. The molecule has 0 saturated carbocycles. The van der Waals surface area contributed by atoms with Crippen molar-refractivity contribution >= 4 is 5.91 Å². The predicted molar refractivity (Wildman–Crippen MR) is 93.4 cm³/mol. The van der Waals surface area contributed by atoms with Gasteiger partial charge in [-0.1, -0.05) is 48.0 Å². The fourth-order valence-corrected chi connectivity index (χ4v) is 3.05. The maximum atomic E-state index is 12.6. The van der Waals surface area contributed by atoms with E-state index >= 15 is 0 Å². The summed E-state index contributed by atoms with van der Waals surface area (Å²) in [4.78, 5) is 17.1. The average molecular weight is 308 g/mol. The molecular weight excluding hydrogens is 284 g/mol. The van der Waals surface area contributed by atoms with E-state index in [4.69, 9.17) is 0 Å². The number of hydrogen-bond donors (Lipinski definition) is 0. The van der Waals surface area contributed by atoms with Gasteiger partial charge in [-0.15, -0.1) is 0 Å². The molecule has 1 amide bonds. The second-order valence-electron chi connectivity index (χ2n) is 6.27. The summed E-state index contributed by atoms with van der Waals surface area (Å²) in [5.41, 5.74) is 3.32. The predicted octanol–water partition coefficient (Wildman–Crippen LogP) is 3.34. The molecule has 0 unspecified atom stereocenters. The first-order valence-electron chi connectivity index (χ1n) is 8.34. The van der Waals surface area contributed by atoms with E-state index < -0.39 is 0 Å². The molecule has 1 aliphatic rings. The van der Waals surface area contributed by atoms with E-state index in [-0.39, 0.29) is 5.91 Å². The molecule has 3 nitrogen and oxygen atoms in total. The van der Waals surface area contributed by atoms with Gasteiger partial charge < -0.3 is 4.90 Å². The molecule has 0 bridgehead atoms. The van der Waals surface area contributed by atoms with Crippen molar-refractivity contribution in [3.8, 4) is 0 Å². The second-order valence-corrected chi connectivity index (χ2v) is 6.27. The lowest BCUT2D eigenvalue weighted by molar-refractivity contribution is 0.0761. The Morgan fingerprint density at radius 2 is 1.65 bits per heavy atom. The second kappa shape index (κ2) is 7.42. The van der Waals surface area contributed by atoms with Crippen LogP contribution in [0.5, 0.6) is 0 Å². The van der Waals surface area contributed by atoms with E-state index in [0.717, 1.165) is 44.7 Å². The van der Waals surface area contributed by atoms with Crippen LogP contribution in [-0.2, 0) is 6.54 Å². The van der Waals surface area contributed by atoms with Crippen LogP contribution >= 0.6 is 0 Å². The summed E-state index contributed by atoms with van der Waals surface area (Å²) < 4.78 is 0.